The smallest absolute Gasteiger partial charge is 0.209 e. The van der Waals surface area contributed by atoms with E-state index >= 15 is 0 Å². The van der Waals surface area contributed by atoms with Crippen molar-refractivity contribution < 1.29 is 9.29 Å². The van der Waals surface area contributed by atoms with Crippen molar-refractivity contribution in [2.24, 2.45) is 0 Å². The van der Waals surface area contributed by atoms with E-state index < -0.39 is 0 Å². The molecule has 3 rings (SSSR count). The van der Waals surface area contributed by atoms with Crippen LogP contribution in [-0.2, 0) is 5.54 Å². The Morgan fingerprint density at radius 2 is 1.81 bits per heavy atom. The first-order chi connectivity index (χ1) is 12.9. The number of halogens is 1. The molecule has 27 heavy (non-hydrogen) atoms. The van der Waals surface area contributed by atoms with Gasteiger partial charge in [0.15, 0.2) is 0 Å². The third-order valence-corrected chi connectivity index (χ3v) is 5.38. The van der Waals surface area contributed by atoms with E-state index in [0.29, 0.717) is 6.04 Å². The van der Waals surface area contributed by atoms with E-state index in [4.69, 9.17) is 0 Å². The molecule has 2 heterocycles. The second-order valence-electron chi connectivity index (χ2n) is 8.44. The number of nitrogens with one attached hydrogen (secondary N) is 1. The summed E-state index contributed by atoms with van der Waals surface area (Å²) in [5.74, 6) is 0.817. The molecule has 1 saturated heterocycles. The highest BCUT2D eigenvalue weighted by molar-refractivity contribution is 5.46. The molecule has 1 aromatic carbocycles. The molecule has 7 heteroatoms. The maximum absolute atomic E-state index is 13.2. The lowest BCUT2D eigenvalue weighted by atomic mass is 10.0. The van der Waals surface area contributed by atoms with Gasteiger partial charge in [0.2, 0.25) is 5.82 Å². The van der Waals surface area contributed by atoms with Gasteiger partial charge in [-0.3, -0.25) is 0 Å². The molecule has 1 aliphatic heterocycles. The predicted octanol–water partition coefficient (Wildman–Crippen LogP) is 2.20. The minimum Gasteiger partial charge on any atom is -0.360 e. The van der Waals surface area contributed by atoms with E-state index in [9.17, 15) is 4.39 Å². The lowest BCUT2D eigenvalue weighted by Crippen LogP contribution is -3.15. The molecule has 1 N–H and O–H groups in total. The Kier molecular flexibility index (Phi) is 6.09. The van der Waals surface area contributed by atoms with Gasteiger partial charge >= 0.3 is 0 Å². The Morgan fingerprint density at radius 3 is 2.41 bits per heavy atom. The van der Waals surface area contributed by atoms with Crippen molar-refractivity contribution in [1.29, 1.82) is 0 Å². The van der Waals surface area contributed by atoms with Crippen molar-refractivity contribution in [2.75, 3.05) is 31.1 Å². The zero-order chi connectivity index (χ0) is 19.4. The van der Waals surface area contributed by atoms with Crippen LogP contribution in [0.25, 0.3) is 0 Å². The molecule has 0 aliphatic carbocycles. The van der Waals surface area contributed by atoms with E-state index in [0.717, 1.165) is 44.1 Å². The number of tetrazole rings is 1. The Morgan fingerprint density at radius 1 is 1.15 bits per heavy atom. The summed E-state index contributed by atoms with van der Waals surface area (Å²) in [6.45, 7) is 12.6. The van der Waals surface area contributed by atoms with Crippen molar-refractivity contribution in [3.8, 4) is 0 Å². The summed E-state index contributed by atoms with van der Waals surface area (Å²) < 4.78 is 15.2. The van der Waals surface area contributed by atoms with Gasteiger partial charge in [-0.05, 0) is 61.9 Å². The van der Waals surface area contributed by atoms with Gasteiger partial charge in [-0.2, -0.15) is 0 Å². The largest absolute Gasteiger partial charge is 0.360 e. The van der Waals surface area contributed by atoms with Crippen LogP contribution in [0.3, 0.4) is 0 Å². The summed E-state index contributed by atoms with van der Waals surface area (Å²) in [7, 11) is 0. The van der Waals surface area contributed by atoms with Crippen LogP contribution in [0.15, 0.2) is 24.3 Å². The first-order valence-corrected chi connectivity index (χ1v) is 10.0. The van der Waals surface area contributed by atoms with E-state index in [1.165, 1.54) is 25.0 Å². The fourth-order valence-corrected chi connectivity index (χ4v) is 3.87. The van der Waals surface area contributed by atoms with Crippen LogP contribution in [0, 0.1) is 5.82 Å². The first-order valence-electron chi connectivity index (χ1n) is 10.0. The average Bonchev–Trinajstić information content (AvgIpc) is 3.13. The lowest BCUT2D eigenvalue weighted by molar-refractivity contribution is -0.933. The minimum atomic E-state index is -0.184. The van der Waals surface area contributed by atoms with E-state index in [1.807, 2.05) is 16.8 Å². The first kappa shape index (κ1) is 19.7. The molecule has 1 atom stereocenters. The van der Waals surface area contributed by atoms with E-state index in [2.05, 4.69) is 48.1 Å². The second kappa shape index (κ2) is 8.33. The summed E-state index contributed by atoms with van der Waals surface area (Å²) in [5.41, 5.74) is 0.971. The number of hydrogen-bond donors (Lipinski definition) is 1. The van der Waals surface area contributed by atoms with Crippen LogP contribution in [0.5, 0.6) is 0 Å². The molecule has 0 amide bonds. The zero-order valence-electron chi connectivity index (χ0n) is 17.0. The van der Waals surface area contributed by atoms with Gasteiger partial charge in [0, 0.05) is 12.1 Å². The average molecular weight is 376 g/mol. The van der Waals surface area contributed by atoms with Crippen LogP contribution in [0.4, 0.5) is 10.1 Å². The molecule has 1 fully saturated rings. The van der Waals surface area contributed by atoms with Gasteiger partial charge in [0.05, 0.1) is 31.7 Å². The number of piperazine rings is 1. The SMILES string of the molecule is CCCC[C@@H](c1nnnn1C(C)(C)C)[NH+]1CCN(c2ccc(F)cc2)CC1. The van der Waals surface area contributed by atoms with Gasteiger partial charge in [0.1, 0.15) is 11.9 Å². The molecule has 0 bridgehead atoms. The highest BCUT2D eigenvalue weighted by atomic mass is 19.1. The molecule has 148 valence electrons. The summed E-state index contributed by atoms with van der Waals surface area (Å²) in [5, 5.41) is 12.7. The van der Waals surface area contributed by atoms with Crippen LogP contribution in [-0.4, -0.2) is 46.4 Å². The van der Waals surface area contributed by atoms with Gasteiger partial charge < -0.3 is 9.80 Å². The van der Waals surface area contributed by atoms with Crippen molar-refractivity contribution >= 4 is 5.69 Å². The van der Waals surface area contributed by atoms with Gasteiger partial charge in [-0.1, -0.05) is 13.3 Å². The number of unbranched alkanes of at least 4 members (excludes halogenated alkanes) is 1. The molecular weight excluding hydrogens is 343 g/mol. The normalized spacial score (nSPS) is 17.3. The van der Waals surface area contributed by atoms with Crippen molar-refractivity contribution in [2.45, 2.75) is 58.5 Å². The summed E-state index contributed by atoms with van der Waals surface area (Å²) in [4.78, 5) is 3.88. The maximum atomic E-state index is 13.2. The lowest BCUT2D eigenvalue weighted by Gasteiger charge is -2.37. The molecular formula is C20H32FN6+. The number of hydrogen-bond acceptors (Lipinski definition) is 4. The summed E-state index contributed by atoms with van der Waals surface area (Å²) in [6.07, 6.45) is 3.44. The van der Waals surface area contributed by atoms with Crippen LogP contribution in [0.1, 0.15) is 58.8 Å². The highest BCUT2D eigenvalue weighted by Gasteiger charge is 2.34. The third-order valence-electron chi connectivity index (χ3n) is 5.38. The third kappa shape index (κ3) is 4.64. The predicted molar refractivity (Wildman–Crippen MR) is 104 cm³/mol. The molecule has 1 aliphatic rings. The van der Waals surface area contributed by atoms with Crippen LogP contribution >= 0.6 is 0 Å². The van der Waals surface area contributed by atoms with Crippen LogP contribution in [0.2, 0.25) is 0 Å². The van der Waals surface area contributed by atoms with Gasteiger partial charge in [0.25, 0.3) is 0 Å². The Labute approximate surface area is 161 Å². The molecule has 0 radical (unpaired) electrons. The van der Waals surface area contributed by atoms with Crippen molar-refractivity contribution in [1.82, 2.24) is 20.2 Å². The second-order valence-corrected chi connectivity index (χ2v) is 8.44. The molecule has 0 saturated carbocycles. The fourth-order valence-electron chi connectivity index (χ4n) is 3.87. The standard InChI is InChI=1S/C20H31FN6/c1-5-6-7-18(19-22-23-24-27(19)20(2,3)4)26-14-12-25(13-15-26)17-10-8-16(21)9-11-17/h8-11,18H,5-7,12-15H2,1-4H3/p+1/t18-/m0/s1. The molecule has 6 nitrogen and oxygen atoms in total. The number of nitrogens with zero attached hydrogens (tertiary/aromatic N) is 5. The monoisotopic (exact) mass is 375 g/mol. The maximum Gasteiger partial charge on any atom is 0.209 e. The minimum absolute atomic E-state index is 0.126. The molecule has 0 spiro atoms. The summed E-state index contributed by atoms with van der Waals surface area (Å²) >= 11 is 0. The number of benzene rings is 1. The Bertz CT molecular complexity index is 713. The zero-order valence-corrected chi connectivity index (χ0v) is 17.0. The number of anilines is 1. The Hall–Kier alpha value is -2.02. The molecule has 2 aromatic rings. The van der Waals surface area contributed by atoms with Gasteiger partial charge in [-0.25, -0.2) is 9.07 Å². The topological polar surface area (TPSA) is 51.3 Å². The summed E-state index contributed by atoms with van der Waals surface area (Å²) in [6, 6.07) is 7.13. The molecule has 1 aromatic heterocycles. The van der Waals surface area contributed by atoms with Crippen LogP contribution < -0.4 is 9.80 Å². The Balaban J connectivity index is 1.74. The van der Waals surface area contributed by atoms with E-state index in [1.54, 1.807) is 4.90 Å². The van der Waals surface area contributed by atoms with E-state index in [-0.39, 0.29) is 11.4 Å². The highest BCUT2D eigenvalue weighted by Crippen LogP contribution is 2.21. The van der Waals surface area contributed by atoms with Gasteiger partial charge in [-0.15, -0.1) is 5.10 Å². The number of quaternary nitrogens is 1. The molecule has 0 unspecified atom stereocenters. The number of rotatable bonds is 6. The number of aromatic nitrogens is 4. The van der Waals surface area contributed by atoms with Crippen molar-refractivity contribution in [3.63, 3.8) is 0 Å². The quantitative estimate of drug-likeness (QED) is 0.841. The van der Waals surface area contributed by atoms with Crippen molar-refractivity contribution in [3.05, 3.63) is 35.9 Å². The fraction of sp³-hybridized carbons (Fsp3) is 0.650.